The topological polar surface area (TPSA) is 61.0 Å². The summed E-state index contributed by atoms with van der Waals surface area (Å²) in [6, 6.07) is 1.96. The maximum absolute atomic E-state index is 6.00. The first-order valence-electron chi connectivity index (χ1n) is 6.32. The number of anilines is 1. The zero-order valence-electron chi connectivity index (χ0n) is 11.1. The number of ether oxygens (including phenoxy) is 1. The molecule has 0 aliphatic carbocycles. The molecule has 2 aromatic rings. The summed E-state index contributed by atoms with van der Waals surface area (Å²) in [5, 5.41) is 2.92. The van der Waals surface area contributed by atoms with E-state index in [1.54, 1.807) is 11.3 Å². The number of nitrogens with zero attached hydrogens (tertiary/aromatic N) is 2. The largest absolute Gasteiger partial charge is 0.383 e. The molecule has 0 bridgehead atoms. The van der Waals surface area contributed by atoms with Crippen molar-refractivity contribution in [2.75, 3.05) is 12.3 Å². The van der Waals surface area contributed by atoms with Crippen molar-refractivity contribution in [3.05, 3.63) is 17.3 Å². The molecule has 0 aliphatic rings. The molecule has 0 amide bonds. The molecule has 2 N–H and O–H groups in total. The van der Waals surface area contributed by atoms with Gasteiger partial charge >= 0.3 is 0 Å². The summed E-state index contributed by atoms with van der Waals surface area (Å²) < 4.78 is 5.92. The van der Waals surface area contributed by atoms with Gasteiger partial charge in [0.15, 0.2) is 5.82 Å². The zero-order chi connectivity index (χ0) is 13.2. The van der Waals surface area contributed by atoms with Crippen LogP contribution in [0, 0.1) is 0 Å². The van der Waals surface area contributed by atoms with Gasteiger partial charge in [-0.1, -0.05) is 13.8 Å². The molecule has 0 saturated heterocycles. The Labute approximate surface area is 111 Å². The number of thiophene rings is 1. The molecule has 2 aromatic heterocycles. The van der Waals surface area contributed by atoms with E-state index >= 15 is 0 Å². The second-order valence-electron chi connectivity index (χ2n) is 4.21. The molecule has 18 heavy (non-hydrogen) atoms. The molecule has 98 valence electrons. The molecule has 2 heterocycles. The van der Waals surface area contributed by atoms with Gasteiger partial charge in [0.1, 0.15) is 16.2 Å². The van der Waals surface area contributed by atoms with Crippen LogP contribution in [0.3, 0.4) is 0 Å². The van der Waals surface area contributed by atoms with Gasteiger partial charge in [0.25, 0.3) is 0 Å². The normalized spacial score (nSPS) is 12.2. The van der Waals surface area contributed by atoms with Crippen LogP contribution < -0.4 is 5.73 Å². The minimum atomic E-state index is -0.416. The minimum absolute atomic E-state index is 0.416. The highest BCUT2D eigenvalue weighted by atomic mass is 32.1. The molecule has 0 radical (unpaired) electrons. The van der Waals surface area contributed by atoms with E-state index in [-0.39, 0.29) is 0 Å². The van der Waals surface area contributed by atoms with E-state index in [0.717, 1.165) is 23.1 Å². The molecule has 0 aliphatic heterocycles. The van der Waals surface area contributed by atoms with Crippen molar-refractivity contribution in [2.45, 2.75) is 39.2 Å². The first-order valence-corrected chi connectivity index (χ1v) is 7.20. The third-order valence-electron chi connectivity index (χ3n) is 3.32. The van der Waals surface area contributed by atoms with E-state index in [4.69, 9.17) is 10.5 Å². The van der Waals surface area contributed by atoms with E-state index < -0.39 is 5.60 Å². The van der Waals surface area contributed by atoms with Gasteiger partial charge in [0.05, 0.1) is 5.39 Å². The Kier molecular flexibility index (Phi) is 3.82. The van der Waals surface area contributed by atoms with Gasteiger partial charge in [0.2, 0.25) is 0 Å². The maximum Gasteiger partial charge on any atom is 0.164 e. The molecule has 0 spiro atoms. The lowest BCUT2D eigenvalue weighted by atomic mass is 9.96. The van der Waals surface area contributed by atoms with Crippen molar-refractivity contribution in [3.8, 4) is 0 Å². The molecule has 4 nitrogen and oxygen atoms in total. The highest BCUT2D eigenvalue weighted by Crippen LogP contribution is 2.33. The van der Waals surface area contributed by atoms with Gasteiger partial charge in [0, 0.05) is 6.61 Å². The number of aromatic nitrogens is 2. The second kappa shape index (κ2) is 5.20. The standard InChI is InChI=1S/C13H19N3OS/c1-4-13(5-2,17-6-3)12-15-10(14)9-7-8-18-11(9)16-12/h7-8H,4-6H2,1-3H3,(H2,14,15,16). The van der Waals surface area contributed by atoms with Crippen molar-refractivity contribution in [1.82, 2.24) is 9.97 Å². The number of nitrogen functional groups attached to an aromatic ring is 1. The van der Waals surface area contributed by atoms with E-state index in [2.05, 4.69) is 23.8 Å². The highest BCUT2D eigenvalue weighted by molar-refractivity contribution is 7.16. The Hall–Kier alpha value is -1.20. The van der Waals surface area contributed by atoms with Crippen molar-refractivity contribution in [2.24, 2.45) is 0 Å². The summed E-state index contributed by atoms with van der Waals surface area (Å²) in [6.45, 7) is 6.83. The monoisotopic (exact) mass is 265 g/mol. The Morgan fingerprint density at radius 3 is 2.61 bits per heavy atom. The minimum Gasteiger partial charge on any atom is -0.383 e. The van der Waals surface area contributed by atoms with Crippen molar-refractivity contribution < 1.29 is 4.74 Å². The molecule has 5 heteroatoms. The van der Waals surface area contributed by atoms with Crippen molar-refractivity contribution >= 4 is 27.4 Å². The molecule has 0 unspecified atom stereocenters. The first kappa shape index (κ1) is 13.2. The highest BCUT2D eigenvalue weighted by Gasteiger charge is 2.33. The molecule has 0 fully saturated rings. The summed E-state index contributed by atoms with van der Waals surface area (Å²) in [7, 11) is 0. The molecule has 0 aromatic carbocycles. The zero-order valence-corrected chi connectivity index (χ0v) is 11.9. The van der Waals surface area contributed by atoms with E-state index in [1.165, 1.54) is 0 Å². The second-order valence-corrected chi connectivity index (χ2v) is 5.10. The molecule has 2 rings (SSSR count). The number of fused-ring (bicyclic) bond motifs is 1. The van der Waals surface area contributed by atoms with Crippen LogP contribution in [-0.2, 0) is 10.3 Å². The van der Waals surface area contributed by atoms with Crippen LogP contribution in [0.1, 0.15) is 39.4 Å². The third kappa shape index (κ3) is 2.08. The molecule has 0 atom stereocenters. The summed E-state index contributed by atoms with van der Waals surface area (Å²) in [4.78, 5) is 10.0. The van der Waals surface area contributed by atoms with Crippen LogP contribution in [0.5, 0.6) is 0 Å². The Balaban J connectivity index is 2.56. The summed E-state index contributed by atoms with van der Waals surface area (Å²) in [5.41, 5.74) is 5.59. The maximum atomic E-state index is 6.00. The fourth-order valence-electron chi connectivity index (χ4n) is 2.19. The average molecular weight is 265 g/mol. The van der Waals surface area contributed by atoms with Crippen LogP contribution in [-0.4, -0.2) is 16.6 Å². The lowest BCUT2D eigenvalue weighted by molar-refractivity contribution is -0.0567. The quantitative estimate of drug-likeness (QED) is 0.900. The number of hydrogen-bond acceptors (Lipinski definition) is 5. The number of hydrogen-bond donors (Lipinski definition) is 1. The smallest absolute Gasteiger partial charge is 0.164 e. The lowest BCUT2D eigenvalue weighted by Gasteiger charge is -2.29. The van der Waals surface area contributed by atoms with Crippen LogP contribution >= 0.6 is 11.3 Å². The Morgan fingerprint density at radius 2 is 2.00 bits per heavy atom. The molecule has 0 saturated carbocycles. The van der Waals surface area contributed by atoms with Crippen LogP contribution in [0.15, 0.2) is 11.4 Å². The predicted octanol–water partition coefficient (Wildman–Crippen LogP) is 3.33. The fraction of sp³-hybridized carbons (Fsp3) is 0.538. The van der Waals surface area contributed by atoms with Gasteiger partial charge < -0.3 is 10.5 Å². The first-order chi connectivity index (χ1) is 8.66. The van der Waals surface area contributed by atoms with Crippen molar-refractivity contribution in [1.29, 1.82) is 0 Å². The van der Waals surface area contributed by atoms with Crippen molar-refractivity contribution in [3.63, 3.8) is 0 Å². The van der Waals surface area contributed by atoms with E-state index in [9.17, 15) is 0 Å². The average Bonchev–Trinajstić information content (AvgIpc) is 2.85. The predicted molar refractivity (Wildman–Crippen MR) is 75.7 cm³/mol. The lowest BCUT2D eigenvalue weighted by Crippen LogP contribution is -2.31. The SMILES string of the molecule is CCOC(CC)(CC)c1nc(N)c2ccsc2n1. The van der Waals surface area contributed by atoms with E-state index in [1.807, 2.05) is 18.4 Å². The van der Waals surface area contributed by atoms with Crippen LogP contribution in [0.4, 0.5) is 5.82 Å². The van der Waals surface area contributed by atoms with Gasteiger partial charge in [-0.25, -0.2) is 9.97 Å². The van der Waals surface area contributed by atoms with Crippen LogP contribution in [0.2, 0.25) is 0 Å². The van der Waals surface area contributed by atoms with Crippen LogP contribution in [0.25, 0.3) is 10.2 Å². The Morgan fingerprint density at radius 1 is 1.28 bits per heavy atom. The summed E-state index contributed by atoms with van der Waals surface area (Å²) in [5.74, 6) is 1.25. The van der Waals surface area contributed by atoms with Gasteiger partial charge in [-0.3, -0.25) is 0 Å². The number of nitrogens with two attached hydrogens (primary N) is 1. The molecular formula is C13H19N3OS. The fourth-order valence-corrected chi connectivity index (χ4v) is 2.97. The summed E-state index contributed by atoms with van der Waals surface area (Å²) >= 11 is 1.58. The van der Waals surface area contributed by atoms with Gasteiger partial charge in [-0.15, -0.1) is 11.3 Å². The Bertz CT molecular complexity index is 534. The molecular weight excluding hydrogens is 246 g/mol. The third-order valence-corrected chi connectivity index (χ3v) is 4.13. The summed E-state index contributed by atoms with van der Waals surface area (Å²) in [6.07, 6.45) is 1.68. The van der Waals surface area contributed by atoms with Gasteiger partial charge in [-0.05, 0) is 31.2 Å². The number of rotatable bonds is 5. The van der Waals surface area contributed by atoms with E-state index in [0.29, 0.717) is 18.2 Å². The van der Waals surface area contributed by atoms with Gasteiger partial charge in [-0.2, -0.15) is 0 Å².